The van der Waals surface area contributed by atoms with Gasteiger partial charge in [-0.15, -0.1) is 0 Å². The number of hydrogen-bond donors (Lipinski definition) is 1. The molecule has 0 spiro atoms. The molecule has 3 aliphatic rings. The highest BCUT2D eigenvalue weighted by molar-refractivity contribution is 5.94. The SMILES string of the molecule is CCCCCOc1ccc(NC(=O)[C@@H]2O[C@H]3OC(C)(C)O[C@@H]3[C@H]3OC(C)(C)O[C@H]32)cc1. The molecule has 3 saturated heterocycles. The molecular weight excluding hydrogens is 402 g/mol. The van der Waals surface area contributed by atoms with E-state index < -0.39 is 42.3 Å². The van der Waals surface area contributed by atoms with E-state index >= 15 is 0 Å². The Morgan fingerprint density at radius 1 is 0.935 bits per heavy atom. The zero-order valence-electron chi connectivity index (χ0n) is 18.9. The molecule has 0 radical (unpaired) electrons. The van der Waals surface area contributed by atoms with Crippen LogP contribution in [0.25, 0.3) is 0 Å². The molecule has 0 aromatic heterocycles. The van der Waals surface area contributed by atoms with Crippen molar-refractivity contribution in [2.24, 2.45) is 0 Å². The maximum atomic E-state index is 13.1. The second-order valence-corrected chi connectivity index (χ2v) is 9.16. The Kier molecular flexibility index (Phi) is 6.29. The Morgan fingerprint density at radius 3 is 2.29 bits per heavy atom. The second-order valence-electron chi connectivity index (χ2n) is 9.16. The smallest absolute Gasteiger partial charge is 0.256 e. The molecule has 8 nitrogen and oxygen atoms in total. The number of anilines is 1. The third kappa shape index (κ3) is 5.04. The molecule has 8 heteroatoms. The van der Waals surface area contributed by atoms with E-state index in [4.69, 9.17) is 28.4 Å². The van der Waals surface area contributed by atoms with Crippen molar-refractivity contribution in [1.29, 1.82) is 0 Å². The molecule has 4 rings (SSSR count). The summed E-state index contributed by atoms with van der Waals surface area (Å²) in [6.07, 6.45) is 0.198. The quantitative estimate of drug-likeness (QED) is 0.655. The molecule has 0 aliphatic carbocycles. The van der Waals surface area contributed by atoms with Crippen molar-refractivity contribution in [3.8, 4) is 5.75 Å². The van der Waals surface area contributed by atoms with Gasteiger partial charge in [-0.25, -0.2) is 0 Å². The van der Waals surface area contributed by atoms with Crippen LogP contribution in [0.1, 0.15) is 53.9 Å². The van der Waals surface area contributed by atoms with Gasteiger partial charge in [-0.3, -0.25) is 4.79 Å². The van der Waals surface area contributed by atoms with Crippen molar-refractivity contribution in [2.75, 3.05) is 11.9 Å². The van der Waals surface area contributed by atoms with Crippen molar-refractivity contribution < 1.29 is 33.2 Å². The number of fused-ring (bicyclic) bond motifs is 3. The van der Waals surface area contributed by atoms with Crippen LogP contribution >= 0.6 is 0 Å². The van der Waals surface area contributed by atoms with Crippen molar-refractivity contribution >= 4 is 11.6 Å². The fourth-order valence-electron chi connectivity index (χ4n) is 4.21. The van der Waals surface area contributed by atoms with Gasteiger partial charge < -0.3 is 33.7 Å². The molecule has 0 saturated carbocycles. The normalized spacial score (nSPS) is 32.9. The molecule has 3 fully saturated rings. The first-order valence-corrected chi connectivity index (χ1v) is 11.1. The lowest BCUT2D eigenvalue weighted by Gasteiger charge is -2.36. The molecule has 1 amide bonds. The molecule has 5 atom stereocenters. The van der Waals surface area contributed by atoms with Gasteiger partial charge in [0.25, 0.3) is 5.91 Å². The van der Waals surface area contributed by atoms with Crippen molar-refractivity contribution in [3.63, 3.8) is 0 Å². The van der Waals surface area contributed by atoms with E-state index in [1.807, 2.05) is 52.0 Å². The van der Waals surface area contributed by atoms with E-state index in [0.717, 1.165) is 25.0 Å². The lowest BCUT2D eigenvalue weighted by molar-refractivity contribution is -0.229. The van der Waals surface area contributed by atoms with Crippen LogP contribution in [-0.2, 0) is 28.5 Å². The van der Waals surface area contributed by atoms with Crippen LogP contribution in [0.5, 0.6) is 5.75 Å². The van der Waals surface area contributed by atoms with Crippen molar-refractivity contribution in [2.45, 2.75) is 96.2 Å². The number of carbonyl (C=O) groups excluding carboxylic acids is 1. The third-order valence-electron chi connectivity index (χ3n) is 5.55. The fourth-order valence-corrected chi connectivity index (χ4v) is 4.21. The average Bonchev–Trinajstić information content (AvgIpc) is 3.19. The number of nitrogens with one attached hydrogen (secondary N) is 1. The van der Waals surface area contributed by atoms with Gasteiger partial charge in [0.1, 0.15) is 24.1 Å². The van der Waals surface area contributed by atoms with Crippen LogP contribution in [0.4, 0.5) is 5.69 Å². The molecule has 1 N–H and O–H groups in total. The lowest BCUT2D eigenvalue weighted by Crippen LogP contribution is -2.58. The number of unbranched alkanes of at least 4 members (excludes halogenated alkanes) is 2. The van der Waals surface area contributed by atoms with E-state index in [2.05, 4.69) is 12.2 Å². The Morgan fingerprint density at radius 2 is 1.58 bits per heavy atom. The first kappa shape index (κ1) is 22.5. The van der Waals surface area contributed by atoms with Crippen LogP contribution in [0, 0.1) is 0 Å². The van der Waals surface area contributed by atoms with Crippen LogP contribution in [-0.4, -0.2) is 54.8 Å². The summed E-state index contributed by atoms with van der Waals surface area (Å²) < 4.78 is 35.6. The fraction of sp³-hybridized carbons (Fsp3) is 0.696. The zero-order valence-corrected chi connectivity index (χ0v) is 18.9. The maximum Gasteiger partial charge on any atom is 0.256 e. The zero-order chi connectivity index (χ0) is 22.2. The summed E-state index contributed by atoms with van der Waals surface area (Å²) in [4.78, 5) is 13.1. The predicted molar refractivity (Wildman–Crippen MR) is 113 cm³/mol. The van der Waals surface area contributed by atoms with Gasteiger partial charge in [0.15, 0.2) is 24.0 Å². The maximum absolute atomic E-state index is 13.1. The van der Waals surface area contributed by atoms with E-state index in [9.17, 15) is 4.79 Å². The van der Waals surface area contributed by atoms with E-state index in [0.29, 0.717) is 12.3 Å². The molecule has 1 aromatic carbocycles. The highest BCUT2D eigenvalue weighted by Crippen LogP contribution is 2.44. The highest BCUT2D eigenvalue weighted by atomic mass is 16.9. The molecule has 0 unspecified atom stereocenters. The van der Waals surface area contributed by atoms with Crippen LogP contribution in [0.3, 0.4) is 0 Å². The number of benzene rings is 1. The van der Waals surface area contributed by atoms with Gasteiger partial charge in [-0.05, 0) is 58.4 Å². The van der Waals surface area contributed by atoms with E-state index in [-0.39, 0.29) is 5.91 Å². The largest absolute Gasteiger partial charge is 0.494 e. The lowest BCUT2D eigenvalue weighted by atomic mass is 9.98. The average molecular weight is 436 g/mol. The number of carbonyl (C=O) groups is 1. The number of amides is 1. The van der Waals surface area contributed by atoms with Gasteiger partial charge >= 0.3 is 0 Å². The predicted octanol–water partition coefficient (Wildman–Crippen LogP) is 3.59. The Hall–Kier alpha value is -1.71. The number of hydrogen-bond acceptors (Lipinski definition) is 7. The molecule has 172 valence electrons. The summed E-state index contributed by atoms with van der Waals surface area (Å²) in [5.41, 5.74) is 0.648. The summed E-state index contributed by atoms with van der Waals surface area (Å²) >= 11 is 0. The molecular formula is C23H33NO7. The molecule has 3 heterocycles. The number of ether oxygens (including phenoxy) is 6. The molecule has 31 heavy (non-hydrogen) atoms. The van der Waals surface area contributed by atoms with Crippen LogP contribution < -0.4 is 10.1 Å². The Labute approximate surface area is 183 Å². The van der Waals surface area contributed by atoms with Gasteiger partial charge in [0.2, 0.25) is 0 Å². The molecule has 0 bridgehead atoms. The third-order valence-corrected chi connectivity index (χ3v) is 5.55. The van der Waals surface area contributed by atoms with Gasteiger partial charge in [-0.1, -0.05) is 19.8 Å². The van der Waals surface area contributed by atoms with Crippen LogP contribution in [0.15, 0.2) is 24.3 Å². The highest BCUT2D eigenvalue weighted by Gasteiger charge is 2.62. The minimum atomic E-state index is -0.893. The summed E-state index contributed by atoms with van der Waals surface area (Å²) in [5, 5.41) is 2.90. The van der Waals surface area contributed by atoms with Gasteiger partial charge in [0.05, 0.1) is 6.61 Å². The first-order valence-electron chi connectivity index (χ1n) is 11.1. The summed E-state index contributed by atoms with van der Waals surface area (Å²) in [5.74, 6) is -1.22. The summed E-state index contributed by atoms with van der Waals surface area (Å²) in [6.45, 7) is 10.1. The van der Waals surface area contributed by atoms with Crippen molar-refractivity contribution in [1.82, 2.24) is 0 Å². The first-order chi connectivity index (χ1) is 14.7. The van der Waals surface area contributed by atoms with Crippen molar-refractivity contribution in [3.05, 3.63) is 24.3 Å². The summed E-state index contributed by atoms with van der Waals surface area (Å²) in [6, 6.07) is 7.31. The van der Waals surface area contributed by atoms with Gasteiger partial charge in [-0.2, -0.15) is 0 Å². The minimum Gasteiger partial charge on any atom is -0.494 e. The van der Waals surface area contributed by atoms with Gasteiger partial charge in [0, 0.05) is 5.69 Å². The monoisotopic (exact) mass is 435 g/mol. The summed E-state index contributed by atoms with van der Waals surface area (Å²) in [7, 11) is 0. The minimum absolute atomic E-state index is 0.320. The Balaban J connectivity index is 1.42. The molecule has 3 aliphatic heterocycles. The topological polar surface area (TPSA) is 84.5 Å². The second kappa shape index (κ2) is 8.67. The number of rotatable bonds is 7. The van der Waals surface area contributed by atoms with Crippen LogP contribution in [0.2, 0.25) is 0 Å². The standard InChI is InChI=1S/C23H33NO7/c1-6-7-8-13-26-15-11-9-14(10-12-15)24-20(25)18-16-17(29-22(2,3)28-16)19-21(27-18)31-23(4,5)30-19/h9-12,16-19,21H,6-8,13H2,1-5H3,(H,24,25)/t16-,17+,18-,19-,21+/m1/s1. The molecule has 1 aromatic rings. The van der Waals surface area contributed by atoms with E-state index in [1.165, 1.54) is 0 Å². The Bertz CT molecular complexity index is 779. The van der Waals surface area contributed by atoms with E-state index in [1.54, 1.807) is 0 Å².